The van der Waals surface area contributed by atoms with Crippen molar-refractivity contribution in [2.24, 2.45) is 0 Å². The van der Waals surface area contributed by atoms with E-state index in [1.54, 1.807) is 19.1 Å². The Morgan fingerprint density at radius 2 is 2.33 bits per heavy atom. The van der Waals surface area contributed by atoms with Crippen LogP contribution >= 0.6 is 22.9 Å². The van der Waals surface area contributed by atoms with E-state index in [0.29, 0.717) is 15.6 Å². The second kappa shape index (κ2) is 5.14. The average Bonchev–Trinajstić information content (AvgIpc) is 2.66. The van der Waals surface area contributed by atoms with Gasteiger partial charge in [0.05, 0.1) is 12.3 Å². The molecule has 0 bridgehead atoms. The zero-order chi connectivity index (χ0) is 13.3. The molecule has 1 heterocycles. The summed E-state index contributed by atoms with van der Waals surface area (Å²) in [6.45, 7) is 1.61. The molecule has 0 aliphatic rings. The molecule has 96 valence electrons. The van der Waals surface area contributed by atoms with Gasteiger partial charge < -0.3 is 16.2 Å². The molecule has 1 unspecified atom stereocenters. The van der Waals surface area contributed by atoms with Gasteiger partial charge in [0.15, 0.2) is 0 Å². The van der Waals surface area contributed by atoms with Crippen LogP contribution in [0.2, 0.25) is 5.02 Å². The van der Waals surface area contributed by atoms with Gasteiger partial charge in [0.2, 0.25) is 0 Å². The van der Waals surface area contributed by atoms with Crippen molar-refractivity contribution in [1.82, 2.24) is 5.32 Å². The number of aliphatic hydroxyl groups is 1. The third-order valence-electron chi connectivity index (χ3n) is 2.55. The van der Waals surface area contributed by atoms with Gasteiger partial charge in [-0.15, -0.1) is 11.3 Å². The molecule has 0 spiro atoms. The third kappa shape index (κ3) is 2.43. The maximum absolute atomic E-state index is 12.0. The van der Waals surface area contributed by atoms with E-state index in [1.807, 2.05) is 6.07 Å². The van der Waals surface area contributed by atoms with Crippen LogP contribution in [0.25, 0.3) is 10.1 Å². The number of rotatable bonds is 3. The molecule has 1 atom stereocenters. The maximum atomic E-state index is 12.0. The number of aliphatic hydroxyl groups excluding tert-OH is 1. The van der Waals surface area contributed by atoms with E-state index in [2.05, 4.69) is 5.32 Å². The number of benzene rings is 1. The number of carbonyl (C=O) groups is 1. The highest BCUT2D eigenvalue weighted by Crippen LogP contribution is 2.35. The van der Waals surface area contributed by atoms with Crippen molar-refractivity contribution in [3.63, 3.8) is 0 Å². The van der Waals surface area contributed by atoms with Crippen molar-refractivity contribution in [2.75, 3.05) is 12.3 Å². The molecular formula is C12H13ClN2O2S. The van der Waals surface area contributed by atoms with Gasteiger partial charge in [-0.05, 0) is 25.1 Å². The molecule has 1 aromatic heterocycles. The highest BCUT2D eigenvalue weighted by atomic mass is 35.5. The predicted molar refractivity (Wildman–Crippen MR) is 75.3 cm³/mol. The Balaban J connectivity index is 2.40. The van der Waals surface area contributed by atoms with Crippen molar-refractivity contribution in [3.8, 4) is 0 Å². The first-order chi connectivity index (χ1) is 8.52. The van der Waals surface area contributed by atoms with Gasteiger partial charge in [-0.1, -0.05) is 11.6 Å². The van der Waals surface area contributed by atoms with Gasteiger partial charge >= 0.3 is 0 Å². The largest absolute Gasteiger partial charge is 0.397 e. The average molecular weight is 285 g/mol. The second-order valence-electron chi connectivity index (χ2n) is 4.04. The Morgan fingerprint density at radius 3 is 3.00 bits per heavy atom. The highest BCUT2D eigenvalue weighted by molar-refractivity contribution is 7.21. The standard InChI is InChI=1S/C12H13ClN2O2S/c1-6(5-16)15-12(17)11-10(14)8-4-7(13)2-3-9(8)18-11/h2-4,6,16H,5,14H2,1H3,(H,15,17). The van der Waals surface area contributed by atoms with E-state index in [9.17, 15) is 4.79 Å². The molecule has 0 aliphatic carbocycles. The number of nitrogens with one attached hydrogen (secondary N) is 1. The monoisotopic (exact) mass is 284 g/mol. The third-order valence-corrected chi connectivity index (χ3v) is 3.97. The summed E-state index contributed by atoms with van der Waals surface area (Å²) in [5.41, 5.74) is 6.39. The SMILES string of the molecule is CC(CO)NC(=O)c1sc2ccc(Cl)cc2c1N. The lowest BCUT2D eigenvalue weighted by molar-refractivity contribution is 0.0927. The first-order valence-electron chi connectivity index (χ1n) is 5.42. The molecule has 2 rings (SSSR count). The van der Waals surface area contributed by atoms with Crippen molar-refractivity contribution in [2.45, 2.75) is 13.0 Å². The number of nitrogen functional groups attached to an aromatic ring is 1. The van der Waals surface area contributed by atoms with E-state index < -0.39 is 0 Å². The number of carbonyl (C=O) groups excluding carboxylic acids is 1. The Bertz CT molecular complexity index is 597. The molecule has 4 nitrogen and oxygen atoms in total. The molecule has 0 saturated carbocycles. The first kappa shape index (κ1) is 13.1. The fourth-order valence-corrected chi connectivity index (χ4v) is 2.77. The number of halogens is 1. The van der Waals surface area contributed by atoms with Crippen LogP contribution in [-0.2, 0) is 0 Å². The van der Waals surface area contributed by atoms with Crippen LogP contribution in [0.15, 0.2) is 18.2 Å². The maximum Gasteiger partial charge on any atom is 0.263 e. The van der Waals surface area contributed by atoms with Crippen LogP contribution in [-0.4, -0.2) is 23.7 Å². The molecule has 18 heavy (non-hydrogen) atoms. The van der Waals surface area contributed by atoms with Gasteiger partial charge in [0.25, 0.3) is 5.91 Å². The molecule has 4 N–H and O–H groups in total. The summed E-state index contributed by atoms with van der Waals surface area (Å²) in [6.07, 6.45) is 0. The molecular weight excluding hydrogens is 272 g/mol. The Morgan fingerprint density at radius 1 is 1.61 bits per heavy atom. The number of anilines is 1. The minimum Gasteiger partial charge on any atom is -0.397 e. The molecule has 2 aromatic rings. The molecule has 1 amide bonds. The fourth-order valence-electron chi connectivity index (χ4n) is 1.59. The van der Waals surface area contributed by atoms with E-state index in [0.717, 1.165) is 10.1 Å². The number of fused-ring (bicyclic) bond motifs is 1. The number of nitrogens with two attached hydrogens (primary N) is 1. The van der Waals surface area contributed by atoms with Crippen molar-refractivity contribution in [1.29, 1.82) is 0 Å². The van der Waals surface area contributed by atoms with Crippen LogP contribution in [0, 0.1) is 0 Å². The zero-order valence-corrected chi connectivity index (χ0v) is 11.3. The lowest BCUT2D eigenvalue weighted by Crippen LogP contribution is -2.34. The summed E-state index contributed by atoms with van der Waals surface area (Å²) < 4.78 is 0.915. The molecule has 6 heteroatoms. The number of hydrogen-bond donors (Lipinski definition) is 3. The summed E-state index contributed by atoms with van der Waals surface area (Å²) >= 11 is 7.22. The van der Waals surface area contributed by atoms with Gasteiger partial charge in [-0.2, -0.15) is 0 Å². The predicted octanol–water partition coefficient (Wildman–Crippen LogP) is 2.25. The topological polar surface area (TPSA) is 75.3 Å². The lowest BCUT2D eigenvalue weighted by Gasteiger charge is -2.09. The van der Waals surface area contributed by atoms with Crippen LogP contribution in [0.4, 0.5) is 5.69 Å². The van der Waals surface area contributed by atoms with Crippen LogP contribution in [0.5, 0.6) is 0 Å². The normalized spacial score (nSPS) is 12.6. The second-order valence-corrected chi connectivity index (χ2v) is 5.53. The number of hydrogen-bond acceptors (Lipinski definition) is 4. The summed E-state index contributed by atoms with van der Waals surface area (Å²) in [4.78, 5) is 12.4. The molecule has 0 aliphatic heterocycles. The summed E-state index contributed by atoms with van der Waals surface area (Å²) in [5.74, 6) is -0.272. The first-order valence-corrected chi connectivity index (χ1v) is 6.61. The van der Waals surface area contributed by atoms with Crippen LogP contribution < -0.4 is 11.1 Å². The van der Waals surface area contributed by atoms with Gasteiger partial charge in [0, 0.05) is 21.2 Å². The number of thiophene rings is 1. The summed E-state index contributed by atoms with van der Waals surface area (Å²) in [6, 6.07) is 5.04. The minimum atomic E-state index is -0.300. The van der Waals surface area contributed by atoms with E-state index >= 15 is 0 Å². The molecule has 0 saturated heterocycles. The minimum absolute atomic E-state index is 0.109. The van der Waals surface area contributed by atoms with Crippen molar-refractivity contribution in [3.05, 3.63) is 28.1 Å². The van der Waals surface area contributed by atoms with Crippen molar-refractivity contribution >= 4 is 44.6 Å². The summed E-state index contributed by atoms with van der Waals surface area (Å²) in [5, 5.41) is 13.0. The van der Waals surface area contributed by atoms with Gasteiger partial charge in [-0.3, -0.25) is 4.79 Å². The highest BCUT2D eigenvalue weighted by Gasteiger charge is 2.17. The quantitative estimate of drug-likeness (QED) is 0.809. The van der Waals surface area contributed by atoms with Gasteiger partial charge in [0.1, 0.15) is 4.88 Å². The summed E-state index contributed by atoms with van der Waals surface area (Å²) in [7, 11) is 0. The number of amides is 1. The molecule has 0 fully saturated rings. The molecule has 1 aromatic carbocycles. The fraction of sp³-hybridized carbons (Fsp3) is 0.250. The van der Waals surface area contributed by atoms with Crippen LogP contribution in [0.3, 0.4) is 0 Å². The molecule has 0 radical (unpaired) electrons. The van der Waals surface area contributed by atoms with Crippen molar-refractivity contribution < 1.29 is 9.90 Å². The Kier molecular flexibility index (Phi) is 3.75. The van der Waals surface area contributed by atoms with E-state index in [4.69, 9.17) is 22.4 Å². The Hall–Kier alpha value is -1.30. The zero-order valence-electron chi connectivity index (χ0n) is 9.74. The van der Waals surface area contributed by atoms with E-state index in [1.165, 1.54) is 11.3 Å². The van der Waals surface area contributed by atoms with Crippen LogP contribution in [0.1, 0.15) is 16.6 Å². The van der Waals surface area contributed by atoms with Gasteiger partial charge in [-0.25, -0.2) is 0 Å². The lowest BCUT2D eigenvalue weighted by atomic mass is 10.2. The van der Waals surface area contributed by atoms with E-state index in [-0.39, 0.29) is 18.6 Å². The smallest absolute Gasteiger partial charge is 0.263 e. The Labute approximate surface area is 113 Å².